The molecule has 1 atom stereocenters. The van der Waals surface area contributed by atoms with E-state index in [9.17, 15) is 0 Å². The SMILES string of the molecule is CCC[C@H](O)NCCN=NN. The number of nitrogens with two attached hydrogens (primary N) is 1. The predicted octanol–water partition coefficient (Wildman–Crippen LogP) is 0.0204. The quantitative estimate of drug-likeness (QED) is 0.168. The Labute approximate surface area is 66.7 Å². The largest absolute Gasteiger partial charge is 0.379 e. The Morgan fingerprint density at radius 2 is 2.36 bits per heavy atom. The van der Waals surface area contributed by atoms with Crippen molar-refractivity contribution in [2.45, 2.75) is 26.0 Å². The van der Waals surface area contributed by atoms with Gasteiger partial charge in [-0.1, -0.05) is 18.6 Å². The van der Waals surface area contributed by atoms with E-state index >= 15 is 0 Å². The highest BCUT2D eigenvalue weighted by molar-refractivity contribution is 4.52. The molecule has 0 amide bonds. The fourth-order valence-electron chi connectivity index (χ4n) is 0.714. The van der Waals surface area contributed by atoms with Crippen molar-refractivity contribution in [3.05, 3.63) is 0 Å². The van der Waals surface area contributed by atoms with E-state index < -0.39 is 6.23 Å². The minimum absolute atomic E-state index is 0.423. The highest BCUT2D eigenvalue weighted by atomic mass is 16.3. The molecule has 0 aliphatic carbocycles. The normalized spacial score (nSPS) is 14.0. The van der Waals surface area contributed by atoms with Crippen molar-refractivity contribution in [2.24, 2.45) is 16.2 Å². The lowest BCUT2D eigenvalue weighted by atomic mass is 10.3. The Morgan fingerprint density at radius 1 is 1.64 bits per heavy atom. The molecule has 5 nitrogen and oxygen atoms in total. The molecule has 0 bridgehead atoms. The second-order valence-corrected chi connectivity index (χ2v) is 2.24. The lowest BCUT2D eigenvalue weighted by Gasteiger charge is -2.09. The fourth-order valence-corrected chi connectivity index (χ4v) is 0.714. The van der Waals surface area contributed by atoms with Gasteiger partial charge in [-0.3, -0.25) is 5.32 Å². The number of hydrogen-bond acceptors (Lipinski definition) is 4. The summed E-state index contributed by atoms with van der Waals surface area (Å²) in [4.78, 5) is 0. The van der Waals surface area contributed by atoms with Gasteiger partial charge >= 0.3 is 0 Å². The molecule has 0 aliphatic heterocycles. The molecule has 0 saturated heterocycles. The molecule has 66 valence electrons. The van der Waals surface area contributed by atoms with Crippen molar-refractivity contribution in [2.75, 3.05) is 13.1 Å². The van der Waals surface area contributed by atoms with Crippen LogP contribution in [-0.4, -0.2) is 24.4 Å². The molecule has 0 aromatic carbocycles. The van der Waals surface area contributed by atoms with Crippen LogP contribution in [0.25, 0.3) is 0 Å². The standard InChI is InChI=1S/C6H16N4O/c1-2-3-6(11)8-4-5-9-10-7/h6,8,11H,2-5H2,1H3,(H2,7,9)/t6-/m0/s1. The molecule has 0 aliphatic rings. The van der Waals surface area contributed by atoms with Gasteiger partial charge in [-0.2, -0.15) is 5.11 Å². The van der Waals surface area contributed by atoms with Gasteiger partial charge in [0, 0.05) is 6.54 Å². The van der Waals surface area contributed by atoms with E-state index in [-0.39, 0.29) is 0 Å². The Balaban J connectivity index is 3.10. The Hall–Kier alpha value is -0.680. The molecule has 4 N–H and O–H groups in total. The van der Waals surface area contributed by atoms with E-state index in [1.807, 2.05) is 6.92 Å². The second kappa shape index (κ2) is 7.43. The number of aliphatic hydroxyl groups excluding tert-OH is 1. The first-order valence-electron chi connectivity index (χ1n) is 3.79. The van der Waals surface area contributed by atoms with E-state index in [2.05, 4.69) is 15.7 Å². The summed E-state index contributed by atoms with van der Waals surface area (Å²) in [5, 5.41) is 18.6. The van der Waals surface area contributed by atoms with Crippen LogP contribution in [0.1, 0.15) is 19.8 Å². The van der Waals surface area contributed by atoms with Crippen molar-refractivity contribution in [3.63, 3.8) is 0 Å². The summed E-state index contributed by atoms with van der Waals surface area (Å²) in [6.07, 6.45) is 1.31. The summed E-state index contributed by atoms with van der Waals surface area (Å²) in [6.45, 7) is 3.14. The number of nitrogens with one attached hydrogen (secondary N) is 1. The summed E-state index contributed by atoms with van der Waals surface area (Å²) in [5.74, 6) is 4.77. The second-order valence-electron chi connectivity index (χ2n) is 2.24. The van der Waals surface area contributed by atoms with E-state index in [4.69, 9.17) is 10.9 Å². The van der Waals surface area contributed by atoms with Crippen molar-refractivity contribution in [1.29, 1.82) is 0 Å². The Bertz CT molecular complexity index is 107. The molecule has 0 saturated carbocycles. The van der Waals surface area contributed by atoms with Gasteiger partial charge in [0.1, 0.15) is 6.23 Å². The minimum Gasteiger partial charge on any atom is -0.379 e. The van der Waals surface area contributed by atoms with Crippen LogP contribution in [0.4, 0.5) is 0 Å². The molecule has 5 heteroatoms. The molecule has 0 fully saturated rings. The lowest BCUT2D eigenvalue weighted by Crippen LogP contribution is -2.30. The number of hydrogen-bond donors (Lipinski definition) is 3. The van der Waals surface area contributed by atoms with Gasteiger partial charge in [-0.05, 0) is 6.42 Å². The van der Waals surface area contributed by atoms with Gasteiger partial charge in [0.25, 0.3) is 0 Å². The van der Waals surface area contributed by atoms with Crippen molar-refractivity contribution < 1.29 is 5.11 Å². The number of aliphatic hydroxyl groups is 1. The monoisotopic (exact) mass is 160 g/mol. The van der Waals surface area contributed by atoms with E-state index in [1.165, 1.54) is 0 Å². The first-order chi connectivity index (χ1) is 5.31. The van der Waals surface area contributed by atoms with Gasteiger partial charge in [-0.25, -0.2) is 0 Å². The molecule has 11 heavy (non-hydrogen) atoms. The highest BCUT2D eigenvalue weighted by Gasteiger charge is 1.98. The average molecular weight is 160 g/mol. The molecule has 0 radical (unpaired) electrons. The Kier molecular flexibility index (Phi) is 6.97. The van der Waals surface area contributed by atoms with Gasteiger partial charge in [-0.15, -0.1) is 0 Å². The van der Waals surface area contributed by atoms with Crippen LogP contribution >= 0.6 is 0 Å². The zero-order valence-corrected chi connectivity index (χ0v) is 6.82. The van der Waals surface area contributed by atoms with Crippen LogP contribution < -0.4 is 11.2 Å². The van der Waals surface area contributed by atoms with Crippen molar-refractivity contribution >= 4 is 0 Å². The van der Waals surface area contributed by atoms with Gasteiger partial charge in [0.15, 0.2) is 0 Å². The smallest absolute Gasteiger partial charge is 0.104 e. The average Bonchev–Trinajstić information content (AvgIpc) is 1.99. The molecule has 0 spiro atoms. The summed E-state index contributed by atoms with van der Waals surface area (Å²) in [6, 6.07) is 0. The Morgan fingerprint density at radius 3 is 2.91 bits per heavy atom. The fraction of sp³-hybridized carbons (Fsp3) is 1.00. The summed E-state index contributed by atoms with van der Waals surface area (Å²) >= 11 is 0. The lowest BCUT2D eigenvalue weighted by molar-refractivity contribution is 0.128. The van der Waals surface area contributed by atoms with Crippen molar-refractivity contribution in [3.8, 4) is 0 Å². The first-order valence-corrected chi connectivity index (χ1v) is 3.79. The molecule has 0 rings (SSSR count). The van der Waals surface area contributed by atoms with Gasteiger partial charge in [0.2, 0.25) is 0 Å². The maximum absolute atomic E-state index is 9.13. The molecule has 0 aromatic rings. The summed E-state index contributed by atoms with van der Waals surface area (Å²) in [5.41, 5.74) is 0. The zero-order valence-electron chi connectivity index (χ0n) is 6.82. The molecular weight excluding hydrogens is 144 g/mol. The number of rotatable bonds is 6. The van der Waals surface area contributed by atoms with E-state index in [1.54, 1.807) is 0 Å². The molecule has 0 aromatic heterocycles. The first kappa shape index (κ1) is 10.3. The third kappa shape index (κ3) is 7.21. The third-order valence-electron chi connectivity index (χ3n) is 1.24. The van der Waals surface area contributed by atoms with Crippen LogP contribution in [0.3, 0.4) is 0 Å². The minimum atomic E-state index is -0.423. The maximum atomic E-state index is 9.13. The maximum Gasteiger partial charge on any atom is 0.104 e. The van der Waals surface area contributed by atoms with Crippen molar-refractivity contribution in [1.82, 2.24) is 5.32 Å². The zero-order chi connectivity index (χ0) is 8.53. The summed E-state index contributed by atoms with van der Waals surface area (Å²) < 4.78 is 0. The van der Waals surface area contributed by atoms with Crippen LogP contribution in [0, 0.1) is 0 Å². The molecular formula is C6H16N4O. The van der Waals surface area contributed by atoms with Gasteiger partial charge in [0.05, 0.1) is 6.54 Å². The topological polar surface area (TPSA) is 83.0 Å². The van der Waals surface area contributed by atoms with E-state index in [0.29, 0.717) is 13.1 Å². The molecule has 0 heterocycles. The summed E-state index contributed by atoms with van der Waals surface area (Å²) in [7, 11) is 0. The number of nitrogens with zero attached hydrogens (tertiary/aromatic N) is 2. The highest BCUT2D eigenvalue weighted by Crippen LogP contribution is 1.90. The van der Waals surface area contributed by atoms with E-state index in [0.717, 1.165) is 12.8 Å². The van der Waals surface area contributed by atoms with Crippen LogP contribution in [0.2, 0.25) is 0 Å². The van der Waals surface area contributed by atoms with Crippen LogP contribution in [0.15, 0.2) is 10.3 Å². The molecule has 0 unspecified atom stereocenters. The van der Waals surface area contributed by atoms with Gasteiger partial charge < -0.3 is 10.9 Å². The third-order valence-corrected chi connectivity index (χ3v) is 1.24. The predicted molar refractivity (Wildman–Crippen MR) is 42.8 cm³/mol. The van der Waals surface area contributed by atoms with Crippen LogP contribution in [-0.2, 0) is 0 Å². The van der Waals surface area contributed by atoms with Crippen LogP contribution in [0.5, 0.6) is 0 Å².